The van der Waals surface area contributed by atoms with E-state index in [-0.39, 0.29) is 17.3 Å². The number of carbonyl (C=O) groups excluding carboxylic acids is 2. The van der Waals surface area contributed by atoms with Gasteiger partial charge in [0.2, 0.25) is 11.8 Å². The minimum atomic E-state index is 0. The lowest BCUT2D eigenvalue weighted by atomic mass is 10.0. The van der Waals surface area contributed by atoms with Crippen LogP contribution in [0.5, 0.6) is 0 Å². The van der Waals surface area contributed by atoms with E-state index in [1.807, 2.05) is 23.6 Å². The molecular weight excluding hydrogens is 825 g/mol. The van der Waals surface area contributed by atoms with Gasteiger partial charge in [0.25, 0.3) is 0 Å². The Balaban J connectivity index is 0.000000170. The minimum absolute atomic E-state index is 0. The Morgan fingerprint density at radius 1 is 0.524 bits per heavy atom. The Morgan fingerprint density at radius 2 is 0.937 bits per heavy atom. The third-order valence-corrected chi connectivity index (χ3v) is 14.9. The lowest BCUT2D eigenvalue weighted by molar-refractivity contribution is -0.118. The number of hydrogen-bond donors (Lipinski definition) is 0. The molecule has 6 aromatic rings. The van der Waals surface area contributed by atoms with Crippen molar-refractivity contribution >= 4 is 78.1 Å². The van der Waals surface area contributed by atoms with E-state index < -0.39 is 0 Å². The second kappa shape index (κ2) is 20.7. The second-order valence-electron chi connectivity index (χ2n) is 17.1. The fourth-order valence-electron chi connectivity index (χ4n) is 9.77. The molecule has 0 radical (unpaired) electrons. The van der Waals surface area contributed by atoms with Crippen LogP contribution in [0.1, 0.15) is 61.8 Å². The number of unbranched alkanes of at least 4 members (excludes halogenated alkanes) is 2. The summed E-state index contributed by atoms with van der Waals surface area (Å²) < 4.78 is 12.0. The van der Waals surface area contributed by atoms with Crippen molar-refractivity contribution in [3.8, 4) is 0 Å². The van der Waals surface area contributed by atoms with Crippen molar-refractivity contribution in [2.75, 3.05) is 98.1 Å². The fraction of sp³-hybridized carbons (Fsp3) is 0.440. The van der Waals surface area contributed by atoms with E-state index in [4.69, 9.17) is 8.75 Å². The highest BCUT2D eigenvalue weighted by atomic mass is 32.1. The number of piperazine rings is 2. The van der Waals surface area contributed by atoms with E-state index in [0.29, 0.717) is 12.8 Å². The molecule has 2 N–H and O–H groups in total. The number of benzene rings is 4. The van der Waals surface area contributed by atoms with Crippen LogP contribution < -0.4 is 19.6 Å². The molecular formula is C50H62N8O3S2. The Morgan fingerprint density at radius 3 is 1.35 bits per heavy atom. The van der Waals surface area contributed by atoms with Crippen LogP contribution in [0.15, 0.2) is 84.9 Å². The molecule has 332 valence electrons. The Hall–Kier alpha value is -4.92. The van der Waals surface area contributed by atoms with Crippen LogP contribution in [0.2, 0.25) is 0 Å². The first-order valence-electron chi connectivity index (χ1n) is 22.9. The summed E-state index contributed by atoms with van der Waals surface area (Å²) in [5, 5.41) is 2.58. The molecule has 10 rings (SSSR count). The molecule has 0 unspecified atom stereocenters. The van der Waals surface area contributed by atoms with Gasteiger partial charge < -0.3 is 25.1 Å². The zero-order chi connectivity index (χ0) is 42.4. The van der Waals surface area contributed by atoms with Gasteiger partial charge >= 0.3 is 0 Å². The maximum Gasteiger partial charge on any atom is 0.231 e. The Bertz CT molecular complexity index is 2320. The molecule has 0 spiro atoms. The topological polar surface area (TPSA) is 111 Å². The van der Waals surface area contributed by atoms with E-state index in [1.165, 1.54) is 81.2 Å². The van der Waals surface area contributed by atoms with Crippen molar-refractivity contribution < 1.29 is 15.1 Å². The molecule has 63 heavy (non-hydrogen) atoms. The van der Waals surface area contributed by atoms with Crippen molar-refractivity contribution in [3.63, 3.8) is 0 Å². The van der Waals surface area contributed by atoms with E-state index in [9.17, 15) is 9.59 Å². The van der Waals surface area contributed by atoms with E-state index >= 15 is 0 Å². The quantitative estimate of drug-likeness (QED) is 0.102. The van der Waals surface area contributed by atoms with Gasteiger partial charge in [-0.2, -0.15) is 8.75 Å². The zero-order valence-corrected chi connectivity index (χ0v) is 38.6. The maximum absolute atomic E-state index is 12.1. The zero-order valence-electron chi connectivity index (χ0n) is 36.9. The van der Waals surface area contributed by atoms with E-state index in [0.717, 1.165) is 101 Å². The lowest BCUT2D eigenvalue weighted by Crippen LogP contribution is -2.46. The van der Waals surface area contributed by atoms with Gasteiger partial charge in [-0.05, 0) is 147 Å². The summed E-state index contributed by atoms with van der Waals surface area (Å²) in [6.45, 7) is 16.6. The van der Waals surface area contributed by atoms with E-state index in [2.05, 4.69) is 105 Å². The number of anilines is 4. The number of aryl methyl sites for hydroxylation is 2. The van der Waals surface area contributed by atoms with Crippen LogP contribution in [-0.2, 0) is 35.3 Å². The van der Waals surface area contributed by atoms with Crippen LogP contribution in [0.4, 0.5) is 23.0 Å². The highest BCUT2D eigenvalue weighted by Crippen LogP contribution is 2.33. The van der Waals surface area contributed by atoms with Crippen LogP contribution in [0, 0.1) is 0 Å². The number of nitrogens with zero attached hydrogens (tertiary/aromatic N) is 8. The molecule has 2 fully saturated rings. The third-order valence-electron chi connectivity index (χ3n) is 13.2. The number of amides is 2. The monoisotopic (exact) mass is 886 g/mol. The van der Waals surface area contributed by atoms with Gasteiger partial charge in [-0.15, -0.1) is 0 Å². The van der Waals surface area contributed by atoms with Crippen LogP contribution >= 0.6 is 23.1 Å². The Kier molecular flexibility index (Phi) is 14.7. The average molecular weight is 887 g/mol. The van der Waals surface area contributed by atoms with Crippen molar-refractivity contribution in [1.29, 1.82) is 0 Å². The molecule has 0 aliphatic carbocycles. The first-order valence-corrected chi connectivity index (χ1v) is 24.5. The van der Waals surface area contributed by atoms with Crippen molar-refractivity contribution in [2.45, 2.75) is 65.2 Å². The van der Waals surface area contributed by atoms with Crippen molar-refractivity contribution in [3.05, 3.63) is 107 Å². The smallest absolute Gasteiger partial charge is 0.231 e. The normalized spacial score (nSPS) is 16.7. The molecule has 4 aliphatic heterocycles. The van der Waals surface area contributed by atoms with Gasteiger partial charge in [0.05, 0.1) is 22.2 Å². The number of fused-ring (bicyclic) bond motifs is 4. The number of carbonyl (C=O) groups is 2. The predicted octanol–water partition coefficient (Wildman–Crippen LogP) is 7.88. The first-order chi connectivity index (χ1) is 30.4. The number of rotatable bonds is 14. The highest BCUT2D eigenvalue weighted by Gasteiger charge is 2.27. The average Bonchev–Trinajstić information content (AvgIpc) is 4.09. The number of likely N-dealkylation sites (N-methyl/N-ethyl adjacent to an activating group) is 2. The van der Waals surface area contributed by atoms with Gasteiger partial charge in [-0.3, -0.25) is 19.4 Å². The summed E-state index contributed by atoms with van der Waals surface area (Å²) in [5.41, 5.74) is 7.36. The molecule has 2 saturated heterocycles. The molecule has 2 aromatic heterocycles. The van der Waals surface area contributed by atoms with Gasteiger partial charge in [0.1, 0.15) is 11.6 Å². The summed E-state index contributed by atoms with van der Waals surface area (Å²) in [6.07, 6.45) is 8.15. The summed E-state index contributed by atoms with van der Waals surface area (Å²) >= 11 is 3.21. The fourth-order valence-corrected chi connectivity index (χ4v) is 11.4. The van der Waals surface area contributed by atoms with Gasteiger partial charge in [-0.1, -0.05) is 48.5 Å². The highest BCUT2D eigenvalue weighted by molar-refractivity contribution is 7.14. The van der Waals surface area contributed by atoms with Crippen LogP contribution in [-0.4, -0.2) is 114 Å². The summed E-state index contributed by atoms with van der Waals surface area (Å²) in [7, 11) is 0. The summed E-state index contributed by atoms with van der Waals surface area (Å²) in [6, 6.07) is 30.3. The van der Waals surface area contributed by atoms with Crippen molar-refractivity contribution in [1.82, 2.24) is 18.5 Å². The van der Waals surface area contributed by atoms with Crippen LogP contribution in [0.25, 0.3) is 20.2 Å². The molecule has 4 aromatic carbocycles. The molecule has 4 aliphatic rings. The molecule has 6 heterocycles. The summed E-state index contributed by atoms with van der Waals surface area (Å²) in [4.78, 5) is 38.0. The second-order valence-corrected chi connectivity index (χ2v) is 18.7. The molecule has 11 nitrogen and oxygen atoms in total. The number of aromatic nitrogens is 2. The molecule has 13 heteroatoms. The van der Waals surface area contributed by atoms with Gasteiger partial charge in [0, 0.05) is 87.6 Å². The number of hydrogen-bond acceptors (Lipinski definition) is 10. The Labute approximate surface area is 380 Å². The predicted molar refractivity (Wildman–Crippen MR) is 262 cm³/mol. The summed E-state index contributed by atoms with van der Waals surface area (Å²) in [5.74, 6) is 2.80. The minimum Gasteiger partial charge on any atom is -0.412 e. The molecule has 0 saturated carbocycles. The maximum atomic E-state index is 12.1. The molecule has 0 bridgehead atoms. The standard InChI is InChI=1S/2C25H30N4OS.H2O/c2*1-2-29-22-11-10-19(17-20(22)18-24(29)30)7-5-6-12-27-13-15-28(16-14-27)25-21-8-3-4-9-23(21)31-26-25;/h2*3-4,8-11,17H,2,5-7,12-16,18H2,1H3;1H2. The van der Waals surface area contributed by atoms with Gasteiger partial charge in [-0.25, -0.2) is 0 Å². The van der Waals surface area contributed by atoms with E-state index in [1.54, 1.807) is 23.1 Å². The SMILES string of the molecule is CCN1C(=O)Cc2cc(CCCCN3CCN(c4nsc5ccccc45)CC3)ccc21.CCN1C(=O)Cc2cc(CCCCN3CCN(c4nsc5ccccc45)CC3)ccc21.O. The first kappa shape index (κ1) is 44.7. The lowest BCUT2D eigenvalue weighted by Gasteiger charge is -2.35. The molecule has 0 atom stereocenters. The van der Waals surface area contributed by atoms with Gasteiger partial charge in [0.15, 0.2) is 0 Å². The third kappa shape index (κ3) is 10.1. The van der Waals surface area contributed by atoms with Crippen LogP contribution in [0.3, 0.4) is 0 Å². The van der Waals surface area contributed by atoms with Crippen molar-refractivity contribution in [2.24, 2.45) is 0 Å². The molecule has 2 amide bonds. The largest absolute Gasteiger partial charge is 0.412 e.